The topological polar surface area (TPSA) is 79.4 Å². The standard InChI is InChI=1S/C21H20FN3O3S2/c1-14-23-17(13-29-14)12-25(18-7-5-16(22)6-8-18)30(27,28)19-9-10-20-15(11-19)3-2-4-21(26)24-20/h5-11,13H,2-4,12H2,1H3,(H,24,26). The molecule has 30 heavy (non-hydrogen) atoms. The molecule has 2 heterocycles. The highest BCUT2D eigenvalue weighted by molar-refractivity contribution is 7.92. The molecule has 0 spiro atoms. The van der Waals surface area contributed by atoms with Gasteiger partial charge in [0.05, 0.1) is 27.8 Å². The first kappa shape index (κ1) is 20.5. The van der Waals surface area contributed by atoms with Gasteiger partial charge in [0.2, 0.25) is 5.91 Å². The van der Waals surface area contributed by atoms with Crippen molar-refractivity contribution in [2.45, 2.75) is 37.6 Å². The van der Waals surface area contributed by atoms with E-state index in [-0.39, 0.29) is 17.3 Å². The van der Waals surface area contributed by atoms with Crippen LogP contribution >= 0.6 is 11.3 Å². The molecule has 0 aliphatic carbocycles. The normalized spacial score (nSPS) is 14.0. The molecule has 9 heteroatoms. The summed E-state index contributed by atoms with van der Waals surface area (Å²) in [4.78, 5) is 16.3. The lowest BCUT2D eigenvalue weighted by atomic mass is 10.1. The zero-order valence-corrected chi connectivity index (χ0v) is 17.9. The third-order valence-corrected chi connectivity index (χ3v) is 7.47. The zero-order valence-electron chi connectivity index (χ0n) is 16.3. The number of benzene rings is 2. The Hall–Kier alpha value is -2.78. The third kappa shape index (κ3) is 4.22. The number of hydrogen-bond donors (Lipinski definition) is 1. The fourth-order valence-electron chi connectivity index (χ4n) is 3.39. The summed E-state index contributed by atoms with van der Waals surface area (Å²) in [7, 11) is -3.95. The molecule has 3 aromatic rings. The van der Waals surface area contributed by atoms with Crippen LogP contribution in [0.1, 0.15) is 29.1 Å². The minimum atomic E-state index is -3.95. The van der Waals surface area contributed by atoms with Crippen molar-refractivity contribution in [2.75, 3.05) is 9.62 Å². The van der Waals surface area contributed by atoms with Crippen molar-refractivity contribution in [2.24, 2.45) is 0 Å². The number of rotatable bonds is 5. The van der Waals surface area contributed by atoms with Crippen LogP contribution in [0.15, 0.2) is 52.7 Å². The van der Waals surface area contributed by atoms with Crippen LogP contribution in [-0.2, 0) is 27.8 Å². The average molecular weight is 446 g/mol. The lowest BCUT2D eigenvalue weighted by molar-refractivity contribution is -0.116. The molecule has 6 nitrogen and oxygen atoms in total. The summed E-state index contributed by atoms with van der Waals surface area (Å²) in [6, 6.07) is 10.1. The van der Waals surface area contributed by atoms with Crippen molar-refractivity contribution < 1.29 is 17.6 Å². The van der Waals surface area contributed by atoms with Crippen molar-refractivity contribution in [1.29, 1.82) is 0 Å². The van der Waals surface area contributed by atoms with Crippen LogP contribution < -0.4 is 9.62 Å². The van der Waals surface area contributed by atoms with Crippen LogP contribution in [0.3, 0.4) is 0 Å². The van der Waals surface area contributed by atoms with Gasteiger partial charge in [-0.1, -0.05) is 0 Å². The van der Waals surface area contributed by atoms with Crippen LogP contribution in [0.2, 0.25) is 0 Å². The van der Waals surface area contributed by atoms with E-state index in [0.29, 0.717) is 36.3 Å². The van der Waals surface area contributed by atoms with Crippen molar-refractivity contribution in [3.63, 3.8) is 0 Å². The molecule has 1 aliphatic heterocycles. The molecule has 0 fully saturated rings. The number of thiazole rings is 1. The molecule has 0 bridgehead atoms. The first-order valence-electron chi connectivity index (χ1n) is 9.45. The van der Waals surface area contributed by atoms with E-state index in [4.69, 9.17) is 0 Å². The number of nitrogens with one attached hydrogen (secondary N) is 1. The number of fused-ring (bicyclic) bond motifs is 1. The number of aryl methyl sites for hydroxylation is 2. The van der Waals surface area contributed by atoms with Crippen LogP contribution in [0.5, 0.6) is 0 Å². The van der Waals surface area contributed by atoms with E-state index in [2.05, 4.69) is 10.3 Å². The van der Waals surface area contributed by atoms with Gasteiger partial charge in [-0.2, -0.15) is 0 Å². The summed E-state index contributed by atoms with van der Waals surface area (Å²) in [6.07, 6.45) is 1.67. The Labute approximate surface area is 178 Å². The molecule has 1 aromatic heterocycles. The summed E-state index contributed by atoms with van der Waals surface area (Å²) in [6.45, 7) is 1.89. The maximum absolute atomic E-state index is 13.6. The molecular weight excluding hydrogens is 425 g/mol. The van der Waals surface area contributed by atoms with E-state index in [1.54, 1.807) is 12.1 Å². The Kier molecular flexibility index (Phi) is 5.57. The summed E-state index contributed by atoms with van der Waals surface area (Å²) in [5.74, 6) is -0.516. The Morgan fingerprint density at radius 2 is 1.93 bits per heavy atom. The summed E-state index contributed by atoms with van der Waals surface area (Å²) in [5, 5.41) is 5.46. The second-order valence-corrected chi connectivity index (χ2v) is 9.99. The van der Waals surface area contributed by atoms with E-state index in [1.165, 1.54) is 46.0 Å². The first-order valence-corrected chi connectivity index (χ1v) is 11.8. The molecule has 2 aromatic carbocycles. The summed E-state index contributed by atoms with van der Waals surface area (Å²) >= 11 is 1.44. The molecular formula is C21H20FN3O3S2. The van der Waals surface area contributed by atoms with Crippen LogP contribution in [0.4, 0.5) is 15.8 Å². The molecule has 1 amide bonds. The fraction of sp³-hybridized carbons (Fsp3) is 0.238. The second kappa shape index (κ2) is 8.16. The van der Waals surface area contributed by atoms with Crippen molar-refractivity contribution in [3.05, 3.63) is 69.9 Å². The van der Waals surface area contributed by atoms with E-state index < -0.39 is 15.8 Å². The number of anilines is 2. The molecule has 156 valence electrons. The van der Waals surface area contributed by atoms with Gasteiger partial charge in [0.1, 0.15) is 5.82 Å². The van der Waals surface area contributed by atoms with E-state index >= 15 is 0 Å². The van der Waals surface area contributed by atoms with Gasteiger partial charge >= 0.3 is 0 Å². The molecule has 1 aliphatic rings. The van der Waals surface area contributed by atoms with E-state index in [0.717, 1.165) is 10.6 Å². The van der Waals surface area contributed by atoms with Gasteiger partial charge < -0.3 is 5.32 Å². The van der Waals surface area contributed by atoms with Crippen LogP contribution in [0, 0.1) is 12.7 Å². The molecule has 0 atom stereocenters. The van der Waals surface area contributed by atoms with Gasteiger partial charge in [-0.25, -0.2) is 17.8 Å². The quantitative estimate of drug-likeness (QED) is 0.636. The predicted octanol–water partition coefficient (Wildman–Crippen LogP) is 4.26. The lowest BCUT2D eigenvalue weighted by Crippen LogP contribution is -2.31. The van der Waals surface area contributed by atoms with E-state index in [1.807, 2.05) is 12.3 Å². The highest BCUT2D eigenvalue weighted by atomic mass is 32.2. The van der Waals surface area contributed by atoms with Gasteiger partial charge in [-0.05, 0) is 67.8 Å². The van der Waals surface area contributed by atoms with Crippen LogP contribution in [-0.4, -0.2) is 19.3 Å². The molecule has 1 N–H and O–H groups in total. The second-order valence-electron chi connectivity index (χ2n) is 7.07. The van der Waals surface area contributed by atoms with Crippen molar-refractivity contribution >= 4 is 38.6 Å². The minimum absolute atomic E-state index is 0.0339. The smallest absolute Gasteiger partial charge is 0.264 e. The Morgan fingerprint density at radius 1 is 1.17 bits per heavy atom. The van der Waals surface area contributed by atoms with Gasteiger partial charge in [-0.15, -0.1) is 11.3 Å². The van der Waals surface area contributed by atoms with Gasteiger partial charge in [0.25, 0.3) is 10.0 Å². The summed E-state index contributed by atoms with van der Waals surface area (Å²) < 4.78 is 41.9. The number of carbonyl (C=O) groups is 1. The average Bonchev–Trinajstić information content (AvgIpc) is 3.02. The maximum atomic E-state index is 13.6. The van der Waals surface area contributed by atoms with Crippen molar-refractivity contribution in [3.8, 4) is 0 Å². The minimum Gasteiger partial charge on any atom is -0.326 e. The van der Waals surface area contributed by atoms with Crippen molar-refractivity contribution in [1.82, 2.24) is 4.98 Å². The molecule has 0 saturated carbocycles. The fourth-order valence-corrected chi connectivity index (χ4v) is 5.48. The molecule has 0 saturated heterocycles. The van der Waals surface area contributed by atoms with Gasteiger partial charge in [0, 0.05) is 17.5 Å². The van der Waals surface area contributed by atoms with Gasteiger partial charge in [0.15, 0.2) is 0 Å². The van der Waals surface area contributed by atoms with Gasteiger partial charge in [-0.3, -0.25) is 9.10 Å². The molecule has 0 unspecified atom stereocenters. The number of nitrogens with zero attached hydrogens (tertiary/aromatic N) is 2. The monoisotopic (exact) mass is 445 g/mol. The highest BCUT2D eigenvalue weighted by Gasteiger charge is 2.27. The maximum Gasteiger partial charge on any atom is 0.264 e. The predicted molar refractivity (Wildman–Crippen MR) is 115 cm³/mol. The number of halogens is 1. The first-order chi connectivity index (χ1) is 14.3. The highest BCUT2D eigenvalue weighted by Crippen LogP contribution is 2.30. The number of aromatic nitrogens is 1. The SMILES string of the molecule is Cc1nc(CN(c2ccc(F)cc2)S(=O)(=O)c2ccc3c(c2)CCCC(=O)N3)cs1. The Balaban J connectivity index is 1.76. The number of carbonyl (C=O) groups excluding carboxylic acids is 1. The van der Waals surface area contributed by atoms with Crippen LogP contribution in [0.25, 0.3) is 0 Å². The lowest BCUT2D eigenvalue weighted by Gasteiger charge is -2.24. The third-order valence-electron chi connectivity index (χ3n) is 4.88. The largest absolute Gasteiger partial charge is 0.326 e. The Morgan fingerprint density at radius 3 is 2.63 bits per heavy atom. The number of amides is 1. The number of hydrogen-bond acceptors (Lipinski definition) is 5. The van der Waals surface area contributed by atoms with E-state index in [9.17, 15) is 17.6 Å². The molecule has 0 radical (unpaired) electrons. The Bertz CT molecular complexity index is 1190. The molecule has 4 rings (SSSR count). The zero-order chi connectivity index (χ0) is 21.3. The summed E-state index contributed by atoms with van der Waals surface area (Å²) in [5.41, 5.74) is 2.39. The number of sulfonamides is 1.